The molecular formula is C20H25ClN2O3. The van der Waals surface area contributed by atoms with Crippen LogP contribution in [-0.2, 0) is 6.42 Å². The molecule has 0 aliphatic rings. The van der Waals surface area contributed by atoms with Gasteiger partial charge in [-0.15, -0.1) is 0 Å². The van der Waals surface area contributed by atoms with Crippen LogP contribution in [0.5, 0.6) is 11.5 Å². The highest BCUT2D eigenvalue weighted by Crippen LogP contribution is 2.17. The van der Waals surface area contributed by atoms with Crippen LogP contribution in [0, 0.1) is 0 Å². The van der Waals surface area contributed by atoms with Crippen LogP contribution in [0.3, 0.4) is 0 Å². The SMILES string of the molecule is COc1ccc(CCCNC(=O)N(C)CCOc2cccc(Cl)c2)cc1. The summed E-state index contributed by atoms with van der Waals surface area (Å²) in [6.45, 7) is 1.54. The van der Waals surface area contributed by atoms with Gasteiger partial charge in [0.2, 0.25) is 0 Å². The van der Waals surface area contributed by atoms with Crippen molar-refractivity contribution in [1.82, 2.24) is 10.2 Å². The number of carbonyl (C=O) groups is 1. The third-order valence-electron chi connectivity index (χ3n) is 3.92. The number of nitrogens with one attached hydrogen (secondary N) is 1. The van der Waals surface area contributed by atoms with Crippen LogP contribution in [0.2, 0.25) is 5.02 Å². The Labute approximate surface area is 159 Å². The molecule has 2 aromatic carbocycles. The number of rotatable bonds is 9. The average molecular weight is 377 g/mol. The Hall–Kier alpha value is -2.40. The maximum Gasteiger partial charge on any atom is 0.317 e. The summed E-state index contributed by atoms with van der Waals surface area (Å²) < 4.78 is 10.7. The van der Waals surface area contributed by atoms with E-state index in [1.165, 1.54) is 5.56 Å². The number of hydrogen-bond acceptors (Lipinski definition) is 3. The third kappa shape index (κ3) is 6.84. The standard InChI is InChI=1S/C20H25ClN2O3/c1-23(13-14-26-19-7-3-6-17(21)15-19)20(24)22-12-4-5-16-8-10-18(25-2)11-9-16/h3,6-11,15H,4-5,12-14H2,1-2H3,(H,22,24). The molecule has 0 atom stereocenters. The van der Waals surface area contributed by atoms with Crippen molar-refractivity contribution in [2.75, 3.05) is 33.9 Å². The summed E-state index contributed by atoms with van der Waals surface area (Å²) in [5.74, 6) is 1.55. The Morgan fingerprint density at radius 1 is 1.15 bits per heavy atom. The lowest BCUT2D eigenvalue weighted by Gasteiger charge is -2.18. The molecule has 2 rings (SSSR count). The van der Waals surface area contributed by atoms with Gasteiger partial charge in [0.15, 0.2) is 0 Å². The minimum atomic E-state index is -0.102. The molecule has 2 amide bonds. The Balaban J connectivity index is 1.60. The highest BCUT2D eigenvalue weighted by Gasteiger charge is 2.07. The van der Waals surface area contributed by atoms with Gasteiger partial charge in [0, 0.05) is 18.6 Å². The molecule has 0 fully saturated rings. The van der Waals surface area contributed by atoms with Gasteiger partial charge in [0.1, 0.15) is 18.1 Å². The number of likely N-dealkylation sites (N-methyl/N-ethyl adjacent to an activating group) is 1. The fraction of sp³-hybridized carbons (Fsp3) is 0.350. The minimum Gasteiger partial charge on any atom is -0.497 e. The number of halogens is 1. The average Bonchev–Trinajstić information content (AvgIpc) is 2.65. The van der Waals surface area contributed by atoms with Gasteiger partial charge in [-0.25, -0.2) is 4.79 Å². The molecule has 0 aromatic heterocycles. The molecule has 2 aromatic rings. The van der Waals surface area contributed by atoms with E-state index in [4.69, 9.17) is 21.1 Å². The molecule has 0 unspecified atom stereocenters. The minimum absolute atomic E-state index is 0.102. The Morgan fingerprint density at radius 2 is 1.92 bits per heavy atom. The summed E-state index contributed by atoms with van der Waals surface area (Å²) in [4.78, 5) is 13.7. The lowest BCUT2D eigenvalue weighted by Crippen LogP contribution is -2.39. The first-order valence-corrected chi connectivity index (χ1v) is 8.96. The lowest BCUT2D eigenvalue weighted by molar-refractivity contribution is 0.195. The Bertz CT molecular complexity index is 692. The second kappa shape index (κ2) is 10.6. The maximum atomic E-state index is 12.1. The molecule has 5 nitrogen and oxygen atoms in total. The van der Waals surface area contributed by atoms with Crippen molar-refractivity contribution in [1.29, 1.82) is 0 Å². The smallest absolute Gasteiger partial charge is 0.317 e. The Kier molecular flexibility index (Phi) is 8.09. The summed E-state index contributed by atoms with van der Waals surface area (Å²) in [5, 5.41) is 3.55. The van der Waals surface area contributed by atoms with E-state index in [-0.39, 0.29) is 6.03 Å². The highest BCUT2D eigenvalue weighted by atomic mass is 35.5. The van der Waals surface area contributed by atoms with Crippen LogP contribution in [0.4, 0.5) is 4.79 Å². The van der Waals surface area contributed by atoms with Crippen molar-refractivity contribution in [3.63, 3.8) is 0 Å². The van der Waals surface area contributed by atoms with Crippen LogP contribution >= 0.6 is 11.6 Å². The van der Waals surface area contributed by atoms with Crippen molar-refractivity contribution < 1.29 is 14.3 Å². The summed E-state index contributed by atoms with van der Waals surface area (Å²) in [6, 6.07) is 15.1. The molecule has 0 heterocycles. The zero-order valence-corrected chi connectivity index (χ0v) is 16.0. The fourth-order valence-corrected chi connectivity index (χ4v) is 2.55. The van der Waals surface area contributed by atoms with Crippen LogP contribution in [0.1, 0.15) is 12.0 Å². The first kappa shape index (κ1) is 19.9. The number of urea groups is 1. The molecule has 0 aliphatic heterocycles. The quantitative estimate of drug-likeness (QED) is 0.673. The van der Waals surface area contributed by atoms with Gasteiger partial charge < -0.3 is 19.7 Å². The largest absolute Gasteiger partial charge is 0.497 e. The number of aryl methyl sites for hydroxylation is 1. The molecule has 0 bridgehead atoms. The molecule has 26 heavy (non-hydrogen) atoms. The van der Waals surface area contributed by atoms with E-state index in [0.717, 1.165) is 18.6 Å². The zero-order valence-electron chi connectivity index (χ0n) is 15.2. The second-order valence-electron chi connectivity index (χ2n) is 5.91. The molecule has 0 spiro atoms. The van der Waals surface area contributed by atoms with Crippen molar-refractivity contribution in [2.24, 2.45) is 0 Å². The number of carbonyl (C=O) groups excluding carboxylic acids is 1. The predicted molar refractivity (Wildman–Crippen MR) is 104 cm³/mol. The number of hydrogen-bond donors (Lipinski definition) is 1. The van der Waals surface area contributed by atoms with Gasteiger partial charge in [0.25, 0.3) is 0 Å². The molecular weight excluding hydrogens is 352 g/mol. The Morgan fingerprint density at radius 3 is 2.62 bits per heavy atom. The number of ether oxygens (including phenoxy) is 2. The summed E-state index contributed by atoms with van der Waals surface area (Å²) >= 11 is 5.91. The van der Waals surface area contributed by atoms with Gasteiger partial charge in [-0.05, 0) is 48.7 Å². The number of nitrogens with zero attached hydrogens (tertiary/aromatic N) is 1. The predicted octanol–water partition coefficient (Wildman–Crippen LogP) is 4.00. The van der Waals surface area contributed by atoms with Gasteiger partial charge in [-0.3, -0.25) is 0 Å². The molecule has 140 valence electrons. The van der Waals surface area contributed by atoms with Crippen molar-refractivity contribution in [2.45, 2.75) is 12.8 Å². The van der Waals surface area contributed by atoms with E-state index in [1.54, 1.807) is 31.2 Å². The van der Waals surface area contributed by atoms with Crippen molar-refractivity contribution in [3.05, 3.63) is 59.1 Å². The molecule has 0 saturated carbocycles. The van der Waals surface area contributed by atoms with Crippen molar-refractivity contribution >= 4 is 17.6 Å². The van der Waals surface area contributed by atoms with E-state index >= 15 is 0 Å². The van der Waals surface area contributed by atoms with Gasteiger partial charge in [-0.2, -0.15) is 0 Å². The first-order valence-electron chi connectivity index (χ1n) is 8.59. The molecule has 1 N–H and O–H groups in total. The van der Waals surface area contributed by atoms with E-state index in [0.29, 0.717) is 30.5 Å². The molecule has 6 heteroatoms. The molecule has 0 radical (unpaired) electrons. The maximum absolute atomic E-state index is 12.1. The zero-order chi connectivity index (χ0) is 18.8. The van der Waals surface area contributed by atoms with Gasteiger partial charge in [-0.1, -0.05) is 29.8 Å². The van der Waals surface area contributed by atoms with E-state index in [2.05, 4.69) is 5.32 Å². The summed E-state index contributed by atoms with van der Waals surface area (Å²) in [5.41, 5.74) is 1.23. The topological polar surface area (TPSA) is 50.8 Å². The van der Waals surface area contributed by atoms with E-state index < -0.39 is 0 Å². The summed E-state index contributed by atoms with van der Waals surface area (Å²) in [7, 11) is 3.40. The number of amides is 2. The van der Waals surface area contributed by atoms with E-state index in [1.807, 2.05) is 36.4 Å². The number of methoxy groups -OCH3 is 1. The van der Waals surface area contributed by atoms with Gasteiger partial charge >= 0.3 is 6.03 Å². The first-order chi connectivity index (χ1) is 12.6. The lowest BCUT2D eigenvalue weighted by atomic mass is 10.1. The highest BCUT2D eigenvalue weighted by molar-refractivity contribution is 6.30. The second-order valence-corrected chi connectivity index (χ2v) is 6.35. The van der Waals surface area contributed by atoms with Crippen LogP contribution in [0.15, 0.2) is 48.5 Å². The summed E-state index contributed by atoms with van der Waals surface area (Å²) in [6.07, 6.45) is 1.79. The third-order valence-corrected chi connectivity index (χ3v) is 4.15. The van der Waals surface area contributed by atoms with Gasteiger partial charge in [0.05, 0.1) is 13.7 Å². The number of benzene rings is 2. The monoisotopic (exact) mass is 376 g/mol. The normalized spacial score (nSPS) is 10.3. The van der Waals surface area contributed by atoms with Crippen LogP contribution < -0.4 is 14.8 Å². The fourth-order valence-electron chi connectivity index (χ4n) is 2.37. The molecule has 0 aliphatic carbocycles. The molecule has 0 saturated heterocycles. The van der Waals surface area contributed by atoms with Crippen molar-refractivity contribution in [3.8, 4) is 11.5 Å². The van der Waals surface area contributed by atoms with Crippen LogP contribution in [-0.4, -0.2) is 44.8 Å². The van der Waals surface area contributed by atoms with Crippen LogP contribution in [0.25, 0.3) is 0 Å². The van der Waals surface area contributed by atoms with E-state index in [9.17, 15) is 4.79 Å².